The van der Waals surface area contributed by atoms with Crippen LogP contribution in [0.15, 0.2) is 0 Å². The molecule has 0 fully saturated rings. The molecule has 28 heavy (non-hydrogen) atoms. The van der Waals surface area contributed by atoms with E-state index in [0.717, 1.165) is 0 Å². The van der Waals surface area contributed by atoms with E-state index in [1.807, 2.05) is 0 Å². The van der Waals surface area contributed by atoms with Crippen LogP contribution in [0.3, 0.4) is 0 Å². The molecule has 164 valence electrons. The number of carbonyl (C=O) groups excluding carboxylic acids is 2. The first-order valence-electron chi connectivity index (χ1n) is 9.08. The number of rotatable bonds is 21. The van der Waals surface area contributed by atoms with Crippen LogP contribution in [0.4, 0.5) is 0 Å². The largest absolute Gasteiger partial charge is 0.476 e. The minimum Gasteiger partial charge on any atom is -0.476 e. The molecule has 0 saturated heterocycles. The van der Waals surface area contributed by atoms with E-state index in [-0.39, 0.29) is 26.1 Å². The van der Waals surface area contributed by atoms with E-state index in [2.05, 4.69) is 0 Å². The normalized spacial score (nSPS) is 10.8. The molecule has 0 saturated carbocycles. The van der Waals surface area contributed by atoms with Gasteiger partial charge in [-0.2, -0.15) is 0 Å². The summed E-state index contributed by atoms with van der Waals surface area (Å²) in [5, 5.41) is 8.37. The summed E-state index contributed by atoms with van der Waals surface area (Å²) in [5.74, 6) is -3.22. The summed E-state index contributed by atoms with van der Waals surface area (Å²) in [6.45, 7) is 4.81. The molecule has 3 N–H and O–H groups in total. The Morgan fingerprint density at radius 3 is 1.39 bits per heavy atom. The number of Topliss-reactive ketones (excluding diaryl/α,β-unsaturated/α-hetero) is 1. The summed E-state index contributed by atoms with van der Waals surface area (Å²) in [5.41, 5.74) is 5.28. The summed E-state index contributed by atoms with van der Waals surface area (Å²) in [7, 11) is 0. The molecule has 11 nitrogen and oxygen atoms in total. The number of carbonyl (C=O) groups is 3. The number of ketones is 1. The summed E-state index contributed by atoms with van der Waals surface area (Å²) in [6.07, 6.45) is -0.637. The zero-order valence-electron chi connectivity index (χ0n) is 16.1. The van der Waals surface area contributed by atoms with Crippen molar-refractivity contribution < 1.29 is 47.9 Å². The van der Waals surface area contributed by atoms with Gasteiger partial charge in [0, 0.05) is 13.0 Å². The van der Waals surface area contributed by atoms with Crippen molar-refractivity contribution in [1.82, 2.24) is 0 Å². The van der Waals surface area contributed by atoms with Crippen LogP contribution >= 0.6 is 0 Å². The van der Waals surface area contributed by atoms with E-state index in [0.29, 0.717) is 66.0 Å². The monoisotopic (exact) mass is 409 g/mol. The Kier molecular flexibility index (Phi) is 18.9. The molecule has 0 aliphatic carbocycles. The molecule has 0 amide bonds. The summed E-state index contributed by atoms with van der Waals surface area (Å²) >= 11 is 0. The number of nitrogens with two attached hydrogens (primary N) is 1. The van der Waals surface area contributed by atoms with Gasteiger partial charge in [-0.1, -0.05) is 0 Å². The highest BCUT2D eigenvalue weighted by molar-refractivity contribution is 6.32. The van der Waals surface area contributed by atoms with Gasteiger partial charge >= 0.3 is 11.9 Å². The average molecular weight is 409 g/mol. The van der Waals surface area contributed by atoms with E-state index >= 15 is 0 Å². The number of ether oxygens (including phenoxy) is 6. The Hall–Kier alpha value is -1.63. The molecule has 0 rings (SSSR count). The number of esters is 1. The van der Waals surface area contributed by atoms with Gasteiger partial charge in [-0.15, -0.1) is 0 Å². The van der Waals surface area contributed by atoms with Gasteiger partial charge in [-0.05, 0) is 0 Å². The lowest BCUT2D eigenvalue weighted by atomic mass is 10.2. The molecule has 0 atom stereocenters. The minimum atomic E-state index is -1.56. The van der Waals surface area contributed by atoms with Crippen molar-refractivity contribution in [2.75, 3.05) is 79.2 Å². The lowest BCUT2D eigenvalue weighted by Crippen LogP contribution is -2.17. The summed E-state index contributed by atoms with van der Waals surface area (Å²) in [6, 6.07) is 0. The van der Waals surface area contributed by atoms with E-state index < -0.39 is 17.7 Å². The molecular formula is C17H31NO10. The van der Waals surface area contributed by atoms with Crippen molar-refractivity contribution in [3.8, 4) is 0 Å². The topological polar surface area (TPSA) is 153 Å². The van der Waals surface area contributed by atoms with Gasteiger partial charge in [0.15, 0.2) is 0 Å². The fourth-order valence-electron chi connectivity index (χ4n) is 1.67. The maximum absolute atomic E-state index is 11.2. The third-order valence-electron chi connectivity index (χ3n) is 3.04. The highest BCUT2D eigenvalue weighted by Crippen LogP contribution is 1.95. The van der Waals surface area contributed by atoms with Crippen molar-refractivity contribution in [1.29, 1.82) is 0 Å². The Labute approximate surface area is 164 Å². The predicted molar refractivity (Wildman–Crippen MR) is 96.0 cm³/mol. The molecule has 0 heterocycles. The second-order valence-electron chi connectivity index (χ2n) is 5.30. The third kappa shape index (κ3) is 19.1. The lowest BCUT2D eigenvalue weighted by molar-refractivity contribution is -0.151. The van der Waals surface area contributed by atoms with Gasteiger partial charge in [-0.3, -0.25) is 9.59 Å². The summed E-state index contributed by atoms with van der Waals surface area (Å²) in [4.78, 5) is 32.3. The fraction of sp³-hybridized carbons (Fsp3) is 0.824. The maximum Gasteiger partial charge on any atom is 0.372 e. The van der Waals surface area contributed by atoms with Gasteiger partial charge < -0.3 is 39.3 Å². The van der Waals surface area contributed by atoms with Crippen LogP contribution < -0.4 is 5.73 Å². The predicted octanol–water partition coefficient (Wildman–Crippen LogP) is -0.995. The second-order valence-corrected chi connectivity index (χ2v) is 5.30. The highest BCUT2D eigenvalue weighted by atomic mass is 16.6. The van der Waals surface area contributed by atoms with E-state index in [9.17, 15) is 14.4 Å². The molecule has 0 bridgehead atoms. The number of hydrogen-bond donors (Lipinski definition) is 2. The first-order valence-corrected chi connectivity index (χ1v) is 9.08. The Bertz CT molecular complexity index is 419. The van der Waals surface area contributed by atoms with Crippen LogP contribution in [0.2, 0.25) is 0 Å². The van der Waals surface area contributed by atoms with Gasteiger partial charge in [-0.25, -0.2) is 4.79 Å². The van der Waals surface area contributed by atoms with E-state index in [4.69, 9.17) is 39.3 Å². The average Bonchev–Trinajstić information content (AvgIpc) is 2.68. The Morgan fingerprint density at radius 1 is 0.607 bits per heavy atom. The molecule has 0 aromatic heterocycles. The van der Waals surface area contributed by atoms with Crippen LogP contribution in [0.5, 0.6) is 0 Å². The first-order chi connectivity index (χ1) is 13.6. The van der Waals surface area contributed by atoms with Gasteiger partial charge in [0.2, 0.25) is 5.78 Å². The molecule has 0 aliphatic rings. The molecule has 0 radical (unpaired) electrons. The zero-order valence-corrected chi connectivity index (χ0v) is 16.1. The molecule has 0 spiro atoms. The Morgan fingerprint density at radius 2 is 1.00 bits per heavy atom. The molecule has 0 aromatic carbocycles. The molecule has 0 aliphatic heterocycles. The number of carboxylic acid groups (broad SMARTS) is 1. The zero-order chi connectivity index (χ0) is 20.9. The van der Waals surface area contributed by atoms with Crippen molar-refractivity contribution in [3.05, 3.63) is 0 Å². The van der Waals surface area contributed by atoms with Crippen molar-refractivity contribution >= 4 is 17.7 Å². The number of carboxylic acids is 1. The van der Waals surface area contributed by atoms with Crippen molar-refractivity contribution in [2.24, 2.45) is 5.73 Å². The quantitative estimate of drug-likeness (QED) is 0.136. The SMILES string of the molecule is NCCOCCOCCOCCOCCOCCOC(=O)CCC(=O)C(=O)O. The number of aliphatic carboxylic acids is 1. The molecular weight excluding hydrogens is 378 g/mol. The second kappa shape index (κ2) is 20.1. The molecule has 0 aromatic rings. The van der Waals surface area contributed by atoms with Crippen LogP contribution in [0.25, 0.3) is 0 Å². The fourth-order valence-corrected chi connectivity index (χ4v) is 1.67. The third-order valence-corrected chi connectivity index (χ3v) is 3.04. The van der Waals surface area contributed by atoms with Crippen LogP contribution in [-0.2, 0) is 42.8 Å². The Balaban J connectivity index is 3.18. The highest BCUT2D eigenvalue weighted by Gasteiger charge is 2.14. The maximum atomic E-state index is 11.2. The lowest BCUT2D eigenvalue weighted by Gasteiger charge is -2.08. The van der Waals surface area contributed by atoms with Crippen LogP contribution in [-0.4, -0.2) is 102 Å². The van der Waals surface area contributed by atoms with Gasteiger partial charge in [0.05, 0.1) is 72.5 Å². The van der Waals surface area contributed by atoms with Crippen molar-refractivity contribution in [3.63, 3.8) is 0 Å². The van der Waals surface area contributed by atoms with Gasteiger partial charge in [0.25, 0.3) is 0 Å². The van der Waals surface area contributed by atoms with Crippen LogP contribution in [0, 0.1) is 0 Å². The molecule has 11 heteroatoms. The van der Waals surface area contributed by atoms with Crippen LogP contribution in [0.1, 0.15) is 12.8 Å². The molecule has 0 unspecified atom stereocenters. The minimum absolute atomic E-state index is 0.0282. The van der Waals surface area contributed by atoms with Gasteiger partial charge in [0.1, 0.15) is 6.61 Å². The number of hydrogen-bond acceptors (Lipinski definition) is 10. The standard InChI is InChI=1S/C17H31NO10/c18-3-4-23-5-6-24-7-8-25-9-10-26-11-12-27-13-14-28-16(20)2-1-15(19)17(21)22/h1-14,18H2,(H,21,22). The first kappa shape index (κ1) is 26.4. The van der Waals surface area contributed by atoms with Crippen molar-refractivity contribution in [2.45, 2.75) is 12.8 Å². The summed E-state index contributed by atoms with van der Waals surface area (Å²) < 4.78 is 31.1. The smallest absolute Gasteiger partial charge is 0.372 e. The van der Waals surface area contributed by atoms with E-state index in [1.165, 1.54) is 0 Å². The van der Waals surface area contributed by atoms with E-state index in [1.54, 1.807) is 0 Å².